The second kappa shape index (κ2) is 7.17. The first kappa shape index (κ1) is 15.5. The number of nitrogens with zero attached hydrogens (tertiary/aromatic N) is 1. The number of rotatable bonds is 5. The second-order valence-electron chi connectivity index (χ2n) is 5.27. The molecule has 106 valence electrons. The Kier molecular flexibility index (Phi) is 5.87. The molecule has 0 saturated carbocycles. The summed E-state index contributed by atoms with van der Waals surface area (Å²) in [4.78, 5) is 13.3. The normalized spacial score (nSPS) is 23.5. The van der Waals surface area contributed by atoms with Gasteiger partial charge in [0.05, 0.1) is 0 Å². The zero-order valence-electron chi connectivity index (χ0n) is 12.5. The third-order valence-corrected chi connectivity index (χ3v) is 3.99. The minimum atomic E-state index is 0.200. The monoisotopic (exact) mass is 262 g/mol. The van der Waals surface area contributed by atoms with Crippen molar-refractivity contribution in [2.75, 3.05) is 13.6 Å². The van der Waals surface area contributed by atoms with E-state index in [1.54, 1.807) is 11.1 Å². The van der Waals surface area contributed by atoms with Gasteiger partial charge in [0.25, 0.3) is 0 Å². The van der Waals surface area contributed by atoms with Crippen LogP contribution in [0, 0.1) is 11.8 Å². The van der Waals surface area contributed by atoms with Crippen molar-refractivity contribution >= 4 is 5.91 Å². The Bertz CT molecular complexity index is 407. The van der Waals surface area contributed by atoms with Crippen LogP contribution in [0.2, 0.25) is 0 Å². The molecular formula is C16H26N2O. The molecule has 1 saturated heterocycles. The van der Waals surface area contributed by atoms with E-state index in [1.165, 1.54) is 5.57 Å². The SMILES string of the molecule is C\C=C(/C=C\C(=C/N)C1CC(=O)N(C)C1)C(C)CC. The summed E-state index contributed by atoms with van der Waals surface area (Å²) < 4.78 is 0. The van der Waals surface area contributed by atoms with E-state index in [-0.39, 0.29) is 11.8 Å². The molecule has 1 rings (SSSR count). The van der Waals surface area contributed by atoms with Crippen molar-refractivity contribution < 1.29 is 4.79 Å². The molecule has 3 nitrogen and oxygen atoms in total. The number of hydrogen-bond acceptors (Lipinski definition) is 2. The van der Waals surface area contributed by atoms with Gasteiger partial charge in [-0.1, -0.05) is 32.1 Å². The molecule has 0 aromatic carbocycles. The van der Waals surface area contributed by atoms with E-state index < -0.39 is 0 Å². The number of amides is 1. The predicted octanol–water partition coefficient (Wildman–Crippen LogP) is 2.86. The molecule has 0 spiro atoms. The maximum Gasteiger partial charge on any atom is 0.223 e. The topological polar surface area (TPSA) is 46.3 Å². The van der Waals surface area contributed by atoms with Gasteiger partial charge in [-0.25, -0.2) is 0 Å². The highest BCUT2D eigenvalue weighted by atomic mass is 16.2. The number of allylic oxidation sites excluding steroid dienone is 4. The number of likely N-dealkylation sites (tertiary alicyclic amines) is 1. The van der Waals surface area contributed by atoms with Crippen LogP contribution in [0.3, 0.4) is 0 Å². The minimum absolute atomic E-state index is 0.200. The van der Waals surface area contributed by atoms with Gasteiger partial charge in [0.1, 0.15) is 0 Å². The van der Waals surface area contributed by atoms with E-state index in [0.29, 0.717) is 12.3 Å². The van der Waals surface area contributed by atoms with E-state index in [4.69, 9.17) is 5.73 Å². The average molecular weight is 262 g/mol. The molecule has 1 aliphatic rings. The number of hydrogen-bond donors (Lipinski definition) is 1. The standard InChI is InChI=1S/C16H26N2O/c1-5-12(3)13(6-2)7-8-14(10-17)15-9-16(19)18(4)11-15/h6-8,10,12,15H,5,9,11,17H2,1-4H3/b8-7-,13-6+,14-10+. The molecule has 3 heteroatoms. The fourth-order valence-electron chi connectivity index (χ4n) is 2.39. The molecule has 2 N–H and O–H groups in total. The van der Waals surface area contributed by atoms with Crippen molar-refractivity contribution in [1.82, 2.24) is 4.90 Å². The van der Waals surface area contributed by atoms with Gasteiger partial charge in [-0.3, -0.25) is 4.79 Å². The molecule has 2 atom stereocenters. The lowest BCUT2D eigenvalue weighted by Gasteiger charge is -2.13. The summed E-state index contributed by atoms with van der Waals surface area (Å²) in [5.41, 5.74) is 8.09. The van der Waals surface area contributed by atoms with Crippen molar-refractivity contribution in [3.63, 3.8) is 0 Å². The first-order chi connectivity index (χ1) is 9.03. The molecule has 0 aromatic rings. The Balaban J connectivity index is 2.76. The molecular weight excluding hydrogens is 236 g/mol. The Hall–Kier alpha value is -1.51. The third kappa shape index (κ3) is 3.98. The van der Waals surface area contributed by atoms with Gasteiger partial charge in [-0.2, -0.15) is 0 Å². The van der Waals surface area contributed by atoms with E-state index in [9.17, 15) is 4.79 Å². The first-order valence-corrected chi connectivity index (χ1v) is 7.03. The third-order valence-electron chi connectivity index (χ3n) is 3.99. The molecule has 0 bridgehead atoms. The lowest BCUT2D eigenvalue weighted by atomic mass is 9.94. The lowest BCUT2D eigenvalue weighted by Crippen LogP contribution is -2.19. The minimum Gasteiger partial charge on any atom is -0.404 e. The Morgan fingerprint density at radius 1 is 1.53 bits per heavy atom. The zero-order valence-corrected chi connectivity index (χ0v) is 12.5. The smallest absolute Gasteiger partial charge is 0.223 e. The molecule has 1 aliphatic heterocycles. The summed E-state index contributed by atoms with van der Waals surface area (Å²) in [6.45, 7) is 7.23. The molecule has 0 aliphatic carbocycles. The van der Waals surface area contributed by atoms with Crippen LogP contribution in [0.4, 0.5) is 0 Å². The van der Waals surface area contributed by atoms with Crippen molar-refractivity contribution in [3.8, 4) is 0 Å². The number of carbonyl (C=O) groups excluding carboxylic acids is 1. The van der Waals surface area contributed by atoms with Gasteiger partial charge >= 0.3 is 0 Å². The van der Waals surface area contributed by atoms with Gasteiger partial charge < -0.3 is 10.6 Å². The molecule has 19 heavy (non-hydrogen) atoms. The Labute approximate surface area is 116 Å². The van der Waals surface area contributed by atoms with Gasteiger partial charge in [0.15, 0.2) is 0 Å². The predicted molar refractivity (Wildman–Crippen MR) is 80.4 cm³/mol. The van der Waals surface area contributed by atoms with Crippen LogP contribution >= 0.6 is 0 Å². The molecule has 0 radical (unpaired) electrons. The van der Waals surface area contributed by atoms with Crippen LogP contribution < -0.4 is 5.73 Å². The molecule has 0 aromatic heterocycles. The summed E-state index contributed by atoms with van der Waals surface area (Å²) in [5, 5.41) is 0. The van der Waals surface area contributed by atoms with Crippen LogP contribution in [-0.2, 0) is 4.79 Å². The van der Waals surface area contributed by atoms with Crippen LogP contribution in [0.1, 0.15) is 33.6 Å². The summed E-state index contributed by atoms with van der Waals surface area (Å²) in [7, 11) is 1.84. The lowest BCUT2D eigenvalue weighted by molar-refractivity contribution is -0.126. The Morgan fingerprint density at radius 3 is 2.63 bits per heavy atom. The quantitative estimate of drug-likeness (QED) is 0.774. The van der Waals surface area contributed by atoms with Gasteiger partial charge in [0.2, 0.25) is 5.91 Å². The highest BCUT2D eigenvalue weighted by Gasteiger charge is 2.28. The average Bonchev–Trinajstić information content (AvgIpc) is 2.74. The maximum absolute atomic E-state index is 11.6. The first-order valence-electron chi connectivity index (χ1n) is 7.03. The fourth-order valence-corrected chi connectivity index (χ4v) is 2.39. The zero-order chi connectivity index (χ0) is 14.4. The van der Waals surface area contributed by atoms with Gasteiger partial charge in [0, 0.05) is 25.9 Å². The molecule has 1 amide bonds. The van der Waals surface area contributed by atoms with Crippen molar-refractivity contribution in [2.24, 2.45) is 17.6 Å². The van der Waals surface area contributed by atoms with E-state index in [0.717, 1.165) is 18.5 Å². The summed E-state index contributed by atoms with van der Waals surface area (Å²) in [5.74, 6) is 0.980. The van der Waals surface area contributed by atoms with E-state index in [2.05, 4.69) is 39.0 Å². The Morgan fingerprint density at radius 2 is 2.21 bits per heavy atom. The van der Waals surface area contributed by atoms with Crippen molar-refractivity contribution in [1.29, 1.82) is 0 Å². The van der Waals surface area contributed by atoms with Crippen LogP contribution in [0.25, 0.3) is 0 Å². The number of nitrogens with two attached hydrogens (primary N) is 1. The summed E-state index contributed by atoms with van der Waals surface area (Å²) >= 11 is 0. The van der Waals surface area contributed by atoms with Gasteiger partial charge in [-0.15, -0.1) is 0 Å². The highest BCUT2D eigenvalue weighted by molar-refractivity contribution is 5.79. The van der Waals surface area contributed by atoms with Crippen LogP contribution in [0.5, 0.6) is 0 Å². The molecule has 2 unspecified atom stereocenters. The largest absolute Gasteiger partial charge is 0.404 e. The van der Waals surface area contributed by atoms with Crippen LogP contribution in [-0.4, -0.2) is 24.4 Å². The number of carbonyl (C=O) groups is 1. The maximum atomic E-state index is 11.6. The van der Waals surface area contributed by atoms with Gasteiger partial charge in [-0.05, 0) is 36.6 Å². The second-order valence-corrected chi connectivity index (χ2v) is 5.27. The molecule has 1 fully saturated rings. The highest BCUT2D eigenvalue weighted by Crippen LogP contribution is 2.25. The van der Waals surface area contributed by atoms with E-state index >= 15 is 0 Å². The van der Waals surface area contributed by atoms with E-state index in [1.807, 2.05) is 7.05 Å². The van der Waals surface area contributed by atoms with Crippen molar-refractivity contribution in [3.05, 3.63) is 35.6 Å². The summed E-state index contributed by atoms with van der Waals surface area (Å²) in [6.07, 6.45) is 9.67. The van der Waals surface area contributed by atoms with Crippen molar-refractivity contribution in [2.45, 2.75) is 33.6 Å². The molecule has 1 heterocycles. The fraction of sp³-hybridized carbons (Fsp3) is 0.562. The van der Waals surface area contributed by atoms with Crippen LogP contribution in [0.15, 0.2) is 35.6 Å². The summed E-state index contributed by atoms with van der Waals surface area (Å²) in [6, 6.07) is 0.